The molecule has 0 aromatic heterocycles. The monoisotopic (exact) mass is 729 g/mol. The maximum Gasteiger partial charge on any atom is 0.303 e. The molecule has 0 aliphatic heterocycles. The Kier molecular flexibility index (Phi) is 42.3. The average Bonchev–Trinajstić information content (AvgIpc) is 3.11. The minimum Gasteiger partial charge on any atom is -0.481 e. The lowest BCUT2D eigenvalue weighted by molar-refractivity contribution is -0.138. The van der Waals surface area contributed by atoms with Crippen LogP contribution in [0.25, 0.3) is 0 Å². The molecular formula is C34H67NO15. The van der Waals surface area contributed by atoms with Gasteiger partial charge in [-0.25, -0.2) is 0 Å². The zero-order valence-electron chi connectivity index (χ0n) is 30.6. The molecule has 298 valence electrons. The highest BCUT2D eigenvalue weighted by atomic mass is 16.6. The predicted octanol–water partition coefficient (Wildman–Crippen LogP) is 1.75. The van der Waals surface area contributed by atoms with Gasteiger partial charge in [0, 0.05) is 26.2 Å². The zero-order chi connectivity index (χ0) is 36.3. The van der Waals surface area contributed by atoms with Gasteiger partial charge in [0.1, 0.15) is 0 Å². The molecule has 0 radical (unpaired) electrons. The largest absolute Gasteiger partial charge is 0.481 e. The molecule has 0 heterocycles. The predicted molar refractivity (Wildman–Crippen MR) is 184 cm³/mol. The normalized spacial score (nSPS) is 11.4. The minimum atomic E-state index is -0.982. The van der Waals surface area contributed by atoms with E-state index in [1.165, 1.54) is 12.8 Å². The van der Waals surface area contributed by atoms with E-state index >= 15 is 0 Å². The minimum absolute atomic E-state index is 0.0101. The molecule has 0 saturated carbocycles. The summed E-state index contributed by atoms with van der Waals surface area (Å²) in [6, 6.07) is 0. The Morgan fingerprint density at radius 1 is 0.380 bits per heavy atom. The Hall–Kier alpha value is -1.54. The van der Waals surface area contributed by atoms with E-state index in [1.807, 2.05) is 0 Å². The Bertz CT molecular complexity index is 693. The number of hydrogen-bond donors (Lipinski definition) is 2. The summed E-state index contributed by atoms with van der Waals surface area (Å²) in [7, 11) is 0. The molecule has 2 N–H and O–H groups in total. The molecule has 0 aromatic carbocycles. The number of carboxylic acid groups (broad SMARTS) is 1. The molecule has 0 aromatic rings. The second kappa shape index (κ2) is 43.6. The number of rotatable bonds is 44. The molecule has 0 spiro atoms. The highest BCUT2D eigenvalue weighted by molar-refractivity contribution is 5.80. The molecule has 0 bridgehead atoms. The van der Waals surface area contributed by atoms with Crippen LogP contribution >= 0.6 is 0 Å². The number of ether oxygens (including phenoxy) is 12. The maximum atomic E-state index is 11.4. The van der Waals surface area contributed by atoms with Crippen LogP contribution in [0.3, 0.4) is 0 Å². The number of carboxylic acids is 1. The first kappa shape index (κ1) is 48.5. The molecule has 1 amide bonds. The number of hydrogen-bond acceptors (Lipinski definition) is 14. The number of amides is 1. The van der Waals surface area contributed by atoms with Gasteiger partial charge in [0.05, 0.1) is 152 Å². The summed E-state index contributed by atoms with van der Waals surface area (Å²) in [5.74, 6) is -1.25. The summed E-state index contributed by atoms with van der Waals surface area (Å²) in [4.78, 5) is 21.8. The first-order valence-electron chi connectivity index (χ1n) is 18.1. The first-order valence-corrected chi connectivity index (χ1v) is 18.1. The van der Waals surface area contributed by atoms with E-state index in [2.05, 4.69) is 12.2 Å². The van der Waals surface area contributed by atoms with Crippen LogP contribution in [0, 0.1) is 0 Å². The summed E-state index contributed by atoms with van der Waals surface area (Å²) in [6.07, 6.45) is 4.00. The molecule has 0 rings (SSSR count). The summed E-state index contributed by atoms with van der Waals surface area (Å²) < 4.78 is 65.5. The smallest absolute Gasteiger partial charge is 0.303 e. The molecule has 0 saturated heterocycles. The molecular weight excluding hydrogens is 662 g/mol. The highest BCUT2D eigenvalue weighted by Gasteiger charge is 2.04. The van der Waals surface area contributed by atoms with Crippen LogP contribution in [0.1, 0.15) is 45.4 Å². The fourth-order valence-corrected chi connectivity index (χ4v) is 3.69. The molecule has 16 heteroatoms. The number of carbonyl (C=O) groups is 2. The van der Waals surface area contributed by atoms with E-state index in [-0.39, 0.29) is 18.7 Å². The van der Waals surface area contributed by atoms with Gasteiger partial charge in [-0.2, -0.15) is 0 Å². The second-order valence-corrected chi connectivity index (χ2v) is 10.7. The van der Waals surface area contributed by atoms with Crippen molar-refractivity contribution in [1.82, 2.24) is 5.32 Å². The zero-order valence-corrected chi connectivity index (χ0v) is 30.6. The van der Waals surface area contributed by atoms with Crippen molar-refractivity contribution in [2.75, 3.05) is 165 Å². The SMILES string of the molecule is CCCCCOCCOCCOCCOCCOCCOCCOCCOCCOCCOCCOCCOCCCNC(=O)CCC(=O)O. The standard InChI is InChI=1S/C34H67NO15/c1-2-3-4-9-39-11-13-41-15-17-43-19-21-45-23-25-47-27-29-49-31-32-50-30-28-48-26-24-46-22-20-44-18-16-42-14-12-40-10-5-8-35-33(36)6-7-34(37)38/h2-32H2,1H3,(H,35,36)(H,37,38). The number of nitrogens with one attached hydrogen (secondary N) is 1. The van der Waals surface area contributed by atoms with Gasteiger partial charge in [-0.15, -0.1) is 0 Å². The van der Waals surface area contributed by atoms with Crippen molar-refractivity contribution >= 4 is 11.9 Å². The molecule has 50 heavy (non-hydrogen) atoms. The maximum absolute atomic E-state index is 11.4. The summed E-state index contributed by atoms with van der Waals surface area (Å²) in [5, 5.41) is 11.2. The van der Waals surface area contributed by atoms with Gasteiger partial charge in [-0.3, -0.25) is 9.59 Å². The van der Waals surface area contributed by atoms with Gasteiger partial charge in [0.2, 0.25) is 5.91 Å². The van der Waals surface area contributed by atoms with E-state index in [4.69, 9.17) is 61.9 Å². The lowest BCUT2D eigenvalue weighted by Gasteiger charge is -2.09. The van der Waals surface area contributed by atoms with Crippen LogP contribution in [0.2, 0.25) is 0 Å². The van der Waals surface area contributed by atoms with Crippen molar-refractivity contribution in [2.24, 2.45) is 0 Å². The fraction of sp³-hybridized carbons (Fsp3) is 0.941. The Labute approximate surface area is 299 Å². The van der Waals surface area contributed by atoms with Crippen molar-refractivity contribution < 1.29 is 71.5 Å². The van der Waals surface area contributed by atoms with Crippen molar-refractivity contribution in [1.29, 1.82) is 0 Å². The molecule has 0 aliphatic carbocycles. The van der Waals surface area contributed by atoms with E-state index < -0.39 is 5.97 Å². The quantitative estimate of drug-likeness (QED) is 0.0867. The van der Waals surface area contributed by atoms with Crippen molar-refractivity contribution in [2.45, 2.75) is 45.4 Å². The van der Waals surface area contributed by atoms with Crippen LogP contribution in [-0.4, -0.2) is 182 Å². The van der Waals surface area contributed by atoms with Gasteiger partial charge >= 0.3 is 5.97 Å². The topological polar surface area (TPSA) is 177 Å². The van der Waals surface area contributed by atoms with Crippen molar-refractivity contribution in [3.05, 3.63) is 0 Å². The van der Waals surface area contributed by atoms with Crippen LogP contribution in [0.15, 0.2) is 0 Å². The van der Waals surface area contributed by atoms with Crippen LogP contribution in [0.5, 0.6) is 0 Å². The molecule has 0 unspecified atom stereocenters. The number of unbranched alkanes of at least 4 members (excludes halogenated alkanes) is 2. The second-order valence-electron chi connectivity index (χ2n) is 10.7. The van der Waals surface area contributed by atoms with Gasteiger partial charge < -0.3 is 67.3 Å². The fourth-order valence-electron chi connectivity index (χ4n) is 3.69. The Morgan fingerprint density at radius 3 is 0.900 bits per heavy atom. The van der Waals surface area contributed by atoms with E-state index in [0.717, 1.165) is 13.0 Å². The van der Waals surface area contributed by atoms with Gasteiger partial charge in [0.25, 0.3) is 0 Å². The van der Waals surface area contributed by atoms with E-state index in [1.54, 1.807) is 0 Å². The molecule has 16 nitrogen and oxygen atoms in total. The number of aliphatic carboxylic acids is 1. The van der Waals surface area contributed by atoms with Crippen molar-refractivity contribution in [3.8, 4) is 0 Å². The summed E-state index contributed by atoms with van der Waals surface area (Å²) in [5.41, 5.74) is 0. The Balaban J connectivity index is 3.08. The van der Waals surface area contributed by atoms with Gasteiger partial charge in [-0.1, -0.05) is 19.8 Å². The van der Waals surface area contributed by atoms with Gasteiger partial charge in [0.15, 0.2) is 0 Å². The van der Waals surface area contributed by atoms with Gasteiger partial charge in [-0.05, 0) is 12.8 Å². The van der Waals surface area contributed by atoms with Crippen molar-refractivity contribution in [3.63, 3.8) is 0 Å². The first-order chi connectivity index (χ1) is 24.7. The number of carbonyl (C=O) groups excluding carboxylic acids is 1. The third kappa shape index (κ3) is 44.5. The lowest BCUT2D eigenvalue weighted by atomic mass is 10.3. The third-order valence-electron chi connectivity index (χ3n) is 6.34. The summed E-state index contributed by atoms with van der Waals surface area (Å²) in [6.45, 7) is 15.1. The molecule has 0 atom stereocenters. The summed E-state index contributed by atoms with van der Waals surface area (Å²) >= 11 is 0. The lowest BCUT2D eigenvalue weighted by Crippen LogP contribution is -2.25. The third-order valence-corrected chi connectivity index (χ3v) is 6.34. The van der Waals surface area contributed by atoms with E-state index in [0.29, 0.717) is 165 Å². The van der Waals surface area contributed by atoms with Crippen LogP contribution in [-0.2, 0) is 66.4 Å². The van der Waals surface area contributed by atoms with E-state index in [9.17, 15) is 9.59 Å². The molecule has 0 aliphatic rings. The Morgan fingerprint density at radius 2 is 0.640 bits per heavy atom. The van der Waals surface area contributed by atoms with Crippen LogP contribution < -0.4 is 5.32 Å². The average molecular weight is 730 g/mol. The molecule has 0 fully saturated rings. The highest BCUT2D eigenvalue weighted by Crippen LogP contribution is 1.94. The van der Waals surface area contributed by atoms with Crippen LogP contribution in [0.4, 0.5) is 0 Å².